The van der Waals surface area contributed by atoms with E-state index in [1.165, 1.54) is 30.6 Å². The Morgan fingerprint density at radius 3 is 1.84 bits per heavy atom. The maximum Gasteiger partial charge on any atom is 0.0601 e. The van der Waals surface area contributed by atoms with Crippen molar-refractivity contribution in [2.75, 3.05) is 13.1 Å². The Labute approximate surface area is 115 Å². The molecule has 0 bridgehead atoms. The van der Waals surface area contributed by atoms with Crippen LogP contribution in [-0.2, 0) is 0 Å². The largest absolute Gasteiger partial charge is 0.292 e. The van der Waals surface area contributed by atoms with E-state index in [0.717, 1.165) is 5.92 Å². The SMILES string of the molecule is C[C@@H]1CCN(C(c2ccccc2)c2ccccc2)C1. The Morgan fingerprint density at radius 1 is 0.895 bits per heavy atom. The van der Waals surface area contributed by atoms with E-state index in [1.54, 1.807) is 0 Å². The van der Waals surface area contributed by atoms with Gasteiger partial charge in [0.2, 0.25) is 0 Å². The molecule has 0 radical (unpaired) electrons. The maximum absolute atomic E-state index is 2.62. The summed E-state index contributed by atoms with van der Waals surface area (Å²) in [5.41, 5.74) is 2.81. The molecular formula is C18H21N. The highest BCUT2D eigenvalue weighted by atomic mass is 15.2. The molecule has 1 atom stereocenters. The van der Waals surface area contributed by atoms with Crippen LogP contribution in [0.3, 0.4) is 0 Å². The van der Waals surface area contributed by atoms with Gasteiger partial charge in [-0.2, -0.15) is 0 Å². The van der Waals surface area contributed by atoms with Crippen molar-refractivity contribution in [2.45, 2.75) is 19.4 Å². The number of hydrogen-bond acceptors (Lipinski definition) is 1. The van der Waals surface area contributed by atoms with Gasteiger partial charge in [-0.15, -0.1) is 0 Å². The first-order chi connectivity index (χ1) is 9.34. The minimum atomic E-state index is 0.410. The van der Waals surface area contributed by atoms with Crippen molar-refractivity contribution >= 4 is 0 Å². The molecule has 0 spiro atoms. The molecule has 98 valence electrons. The van der Waals surface area contributed by atoms with Crippen LogP contribution in [0.25, 0.3) is 0 Å². The summed E-state index contributed by atoms with van der Waals surface area (Å²) < 4.78 is 0. The number of nitrogens with zero attached hydrogens (tertiary/aromatic N) is 1. The fourth-order valence-corrected chi connectivity index (χ4v) is 3.09. The lowest BCUT2D eigenvalue weighted by Gasteiger charge is -2.28. The van der Waals surface area contributed by atoms with Gasteiger partial charge in [0.05, 0.1) is 6.04 Å². The fraction of sp³-hybridized carbons (Fsp3) is 0.333. The first-order valence-corrected chi connectivity index (χ1v) is 7.18. The predicted octanol–water partition coefficient (Wildman–Crippen LogP) is 4.12. The van der Waals surface area contributed by atoms with Gasteiger partial charge in [0.25, 0.3) is 0 Å². The Morgan fingerprint density at radius 2 is 1.42 bits per heavy atom. The van der Waals surface area contributed by atoms with Crippen LogP contribution >= 0.6 is 0 Å². The first kappa shape index (κ1) is 12.4. The molecule has 19 heavy (non-hydrogen) atoms. The van der Waals surface area contributed by atoms with Crippen molar-refractivity contribution in [1.29, 1.82) is 0 Å². The molecule has 2 aromatic carbocycles. The molecule has 1 fully saturated rings. The highest BCUT2D eigenvalue weighted by Gasteiger charge is 2.27. The summed E-state index contributed by atoms with van der Waals surface area (Å²) in [6, 6.07) is 22.2. The molecule has 0 aliphatic carbocycles. The van der Waals surface area contributed by atoms with Crippen molar-refractivity contribution in [1.82, 2.24) is 4.90 Å². The third kappa shape index (κ3) is 2.71. The average molecular weight is 251 g/mol. The van der Waals surface area contributed by atoms with Crippen LogP contribution in [-0.4, -0.2) is 18.0 Å². The van der Waals surface area contributed by atoms with E-state index in [1.807, 2.05) is 0 Å². The molecule has 0 saturated carbocycles. The third-order valence-electron chi connectivity index (χ3n) is 4.05. The smallest absolute Gasteiger partial charge is 0.0601 e. The van der Waals surface area contributed by atoms with Gasteiger partial charge in [-0.3, -0.25) is 4.90 Å². The summed E-state index contributed by atoms with van der Waals surface area (Å²) in [5.74, 6) is 0.815. The van der Waals surface area contributed by atoms with Crippen LogP contribution in [0.4, 0.5) is 0 Å². The second-order valence-corrected chi connectivity index (χ2v) is 5.61. The lowest BCUT2D eigenvalue weighted by Crippen LogP contribution is -2.27. The molecule has 2 aromatic rings. The zero-order valence-corrected chi connectivity index (χ0v) is 11.5. The van der Waals surface area contributed by atoms with Crippen molar-refractivity contribution in [3.05, 3.63) is 71.8 Å². The summed E-state index contributed by atoms with van der Waals surface area (Å²) >= 11 is 0. The fourth-order valence-electron chi connectivity index (χ4n) is 3.09. The number of likely N-dealkylation sites (tertiary alicyclic amines) is 1. The Hall–Kier alpha value is -1.60. The molecule has 0 N–H and O–H groups in total. The van der Waals surface area contributed by atoms with Crippen molar-refractivity contribution < 1.29 is 0 Å². The molecular weight excluding hydrogens is 230 g/mol. The van der Waals surface area contributed by atoms with E-state index in [-0.39, 0.29) is 0 Å². The van der Waals surface area contributed by atoms with Gasteiger partial charge in [-0.05, 0) is 30.0 Å². The summed E-state index contributed by atoms with van der Waals surface area (Å²) in [7, 11) is 0. The standard InChI is InChI=1S/C18H21N/c1-15-12-13-19(14-15)18(16-8-4-2-5-9-16)17-10-6-3-7-11-17/h2-11,15,18H,12-14H2,1H3/t15-/m1/s1. The van der Waals surface area contributed by atoms with E-state index in [9.17, 15) is 0 Å². The number of benzene rings is 2. The zero-order valence-electron chi connectivity index (χ0n) is 11.5. The normalized spacial score (nSPS) is 20.0. The Bertz CT molecular complexity index is 466. The topological polar surface area (TPSA) is 3.24 Å². The minimum Gasteiger partial charge on any atom is -0.292 e. The first-order valence-electron chi connectivity index (χ1n) is 7.18. The van der Waals surface area contributed by atoms with Crippen LogP contribution in [0.5, 0.6) is 0 Å². The summed E-state index contributed by atoms with van der Waals surface area (Å²) in [5, 5.41) is 0. The Balaban J connectivity index is 1.97. The van der Waals surface area contributed by atoms with Gasteiger partial charge in [0.15, 0.2) is 0 Å². The third-order valence-corrected chi connectivity index (χ3v) is 4.05. The van der Waals surface area contributed by atoms with E-state index >= 15 is 0 Å². The van der Waals surface area contributed by atoms with Crippen LogP contribution in [0.1, 0.15) is 30.5 Å². The molecule has 0 amide bonds. The molecule has 1 nitrogen and oxygen atoms in total. The monoisotopic (exact) mass is 251 g/mol. The number of rotatable bonds is 3. The van der Waals surface area contributed by atoms with Gasteiger partial charge in [0.1, 0.15) is 0 Å². The van der Waals surface area contributed by atoms with E-state index < -0.39 is 0 Å². The maximum atomic E-state index is 2.62. The molecule has 1 heterocycles. The summed E-state index contributed by atoms with van der Waals surface area (Å²) in [4.78, 5) is 2.62. The molecule has 1 aliphatic rings. The van der Waals surface area contributed by atoms with E-state index in [2.05, 4.69) is 72.5 Å². The van der Waals surface area contributed by atoms with Crippen LogP contribution in [0, 0.1) is 5.92 Å². The predicted molar refractivity (Wildman–Crippen MR) is 80.1 cm³/mol. The summed E-state index contributed by atoms with van der Waals surface area (Å²) in [6.45, 7) is 4.76. The van der Waals surface area contributed by atoms with Gasteiger partial charge >= 0.3 is 0 Å². The summed E-state index contributed by atoms with van der Waals surface area (Å²) in [6.07, 6.45) is 1.32. The van der Waals surface area contributed by atoms with Gasteiger partial charge in [-0.1, -0.05) is 67.6 Å². The minimum absolute atomic E-state index is 0.410. The second-order valence-electron chi connectivity index (χ2n) is 5.61. The highest BCUT2D eigenvalue weighted by Crippen LogP contribution is 2.32. The van der Waals surface area contributed by atoms with Crippen molar-refractivity contribution in [3.63, 3.8) is 0 Å². The number of hydrogen-bond donors (Lipinski definition) is 0. The van der Waals surface area contributed by atoms with Crippen LogP contribution in [0.2, 0.25) is 0 Å². The van der Waals surface area contributed by atoms with Gasteiger partial charge < -0.3 is 0 Å². The molecule has 0 unspecified atom stereocenters. The Kier molecular flexibility index (Phi) is 3.65. The highest BCUT2D eigenvalue weighted by molar-refractivity contribution is 5.32. The lowest BCUT2D eigenvalue weighted by atomic mass is 9.97. The van der Waals surface area contributed by atoms with E-state index in [4.69, 9.17) is 0 Å². The molecule has 1 aliphatic heterocycles. The van der Waals surface area contributed by atoms with Crippen molar-refractivity contribution in [2.24, 2.45) is 5.92 Å². The van der Waals surface area contributed by atoms with Crippen LogP contribution < -0.4 is 0 Å². The van der Waals surface area contributed by atoms with Gasteiger partial charge in [0, 0.05) is 6.54 Å². The van der Waals surface area contributed by atoms with Gasteiger partial charge in [-0.25, -0.2) is 0 Å². The van der Waals surface area contributed by atoms with E-state index in [0.29, 0.717) is 6.04 Å². The second kappa shape index (κ2) is 5.58. The van der Waals surface area contributed by atoms with Crippen molar-refractivity contribution in [3.8, 4) is 0 Å². The van der Waals surface area contributed by atoms with Crippen LogP contribution in [0.15, 0.2) is 60.7 Å². The molecule has 1 heteroatoms. The lowest BCUT2D eigenvalue weighted by molar-refractivity contribution is 0.272. The zero-order chi connectivity index (χ0) is 13.1. The molecule has 1 saturated heterocycles. The average Bonchev–Trinajstić information content (AvgIpc) is 2.88. The molecule has 0 aromatic heterocycles. The molecule has 3 rings (SSSR count). The quantitative estimate of drug-likeness (QED) is 0.793.